The Bertz CT molecular complexity index is 355. The zero-order valence-corrected chi connectivity index (χ0v) is 9.94. The molecule has 0 heterocycles. The number of rotatable bonds is 7. The van der Waals surface area contributed by atoms with Crippen LogP contribution in [0.4, 0.5) is 5.69 Å². The summed E-state index contributed by atoms with van der Waals surface area (Å²) in [4.78, 5) is 11.2. The van der Waals surface area contributed by atoms with E-state index in [1.165, 1.54) is 0 Å². The number of ether oxygens (including phenoxy) is 2. The van der Waals surface area contributed by atoms with Gasteiger partial charge in [-0.3, -0.25) is 4.79 Å². The number of amides is 1. The minimum absolute atomic E-state index is 0.0920. The molecule has 17 heavy (non-hydrogen) atoms. The lowest BCUT2D eigenvalue weighted by atomic mass is 10.3. The standard InChI is InChI=1S/C12H18N2O3/c1-2-16-9-12(15)14-6-7-17-11-5-3-4-10(13)8-11/h3-5,8H,2,6-7,9,13H2,1H3,(H,14,15). The van der Waals surface area contributed by atoms with Crippen molar-refractivity contribution in [3.63, 3.8) is 0 Å². The molecule has 0 unspecified atom stereocenters. The minimum atomic E-state index is -0.136. The van der Waals surface area contributed by atoms with Gasteiger partial charge in [-0.2, -0.15) is 0 Å². The van der Waals surface area contributed by atoms with Crippen LogP contribution in [0.15, 0.2) is 24.3 Å². The number of benzene rings is 1. The molecule has 1 aromatic carbocycles. The van der Waals surface area contributed by atoms with Crippen molar-refractivity contribution in [1.82, 2.24) is 5.32 Å². The van der Waals surface area contributed by atoms with Crippen LogP contribution in [-0.4, -0.2) is 32.3 Å². The second kappa shape index (κ2) is 7.51. The monoisotopic (exact) mass is 238 g/mol. The van der Waals surface area contributed by atoms with E-state index in [2.05, 4.69) is 5.32 Å². The Labute approximate surface area is 101 Å². The number of carbonyl (C=O) groups is 1. The quantitative estimate of drug-likeness (QED) is 0.544. The fourth-order valence-electron chi connectivity index (χ4n) is 1.21. The SMILES string of the molecule is CCOCC(=O)NCCOc1cccc(N)c1. The summed E-state index contributed by atoms with van der Waals surface area (Å²) in [6.07, 6.45) is 0. The maximum atomic E-state index is 11.2. The van der Waals surface area contributed by atoms with Crippen molar-refractivity contribution in [2.75, 3.05) is 32.1 Å². The predicted octanol–water partition coefficient (Wildman–Crippen LogP) is 0.800. The van der Waals surface area contributed by atoms with Gasteiger partial charge in [0.2, 0.25) is 5.91 Å². The first-order valence-electron chi connectivity index (χ1n) is 5.55. The highest BCUT2D eigenvalue weighted by molar-refractivity contribution is 5.77. The Kier molecular flexibility index (Phi) is 5.88. The van der Waals surface area contributed by atoms with Crippen LogP contribution in [0.3, 0.4) is 0 Å². The van der Waals surface area contributed by atoms with Crippen LogP contribution in [0.2, 0.25) is 0 Å². The molecular formula is C12H18N2O3. The van der Waals surface area contributed by atoms with Gasteiger partial charge in [-0.05, 0) is 19.1 Å². The number of hydrogen-bond acceptors (Lipinski definition) is 4. The number of carbonyl (C=O) groups excluding carboxylic acids is 1. The average Bonchev–Trinajstić information content (AvgIpc) is 2.32. The Morgan fingerprint density at radius 1 is 1.47 bits per heavy atom. The summed E-state index contributed by atoms with van der Waals surface area (Å²) >= 11 is 0. The van der Waals surface area contributed by atoms with Gasteiger partial charge in [0.25, 0.3) is 0 Å². The van der Waals surface area contributed by atoms with E-state index in [1.54, 1.807) is 12.1 Å². The van der Waals surface area contributed by atoms with E-state index in [9.17, 15) is 4.79 Å². The number of hydrogen-bond donors (Lipinski definition) is 2. The van der Waals surface area contributed by atoms with Crippen LogP contribution in [0.25, 0.3) is 0 Å². The molecule has 5 nitrogen and oxygen atoms in total. The van der Waals surface area contributed by atoms with Gasteiger partial charge >= 0.3 is 0 Å². The molecule has 94 valence electrons. The lowest BCUT2D eigenvalue weighted by Crippen LogP contribution is -2.31. The Morgan fingerprint density at radius 2 is 2.29 bits per heavy atom. The van der Waals surface area contributed by atoms with Crippen LogP contribution in [0.5, 0.6) is 5.75 Å². The van der Waals surface area contributed by atoms with Crippen LogP contribution in [0.1, 0.15) is 6.92 Å². The second-order valence-electron chi connectivity index (χ2n) is 3.41. The molecule has 0 aliphatic rings. The molecule has 1 rings (SSSR count). The van der Waals surface area contributed by atoms with E-state index in [-0.39, 0.29) is 12.5 Å². The Morgan fingerprint density at radius 3 is 3.00 bits per heavy atom. The predicted molar refractivity (Wildman–Crippen MR) is 65.9 cm³/mol. The summed E-state index contributed by atoms with van der Waals surface area (Å²) in [5.74, 6) is 0.562. The van der Waals surface area contributed by atoms with Crippen LogP contribution in [-0.2, 0) is 9.53 Å². The van der Waals surface area contributed by atoms with Gasteiger partial charge in [-0.1, -0.05) is 6.07 Å². The molecule has 0 fully saturated rings. The third-order valence-corrected chi connectivity index (χ3v) is 1.99. The number of nitrogen functional groups attached to an aromatic ring is 1. The van der Waals surface area contributed by atoms with E-state index >= 15 is 0 Å². The van der Waals surface area contributed by atoms with E-state index in [0.29, 0.717) is 31.2 Å². The summed E-state index contributed by atoms with van der Waals surface area (Å²) in [5, 5.41) is 2.68. The molecule has 1 amide bonds. The number of nitrogens with two attached hydrogens (primary N) is 1. The van der Waals surface area contributed by atoms with Gasteiger partial charge in [0, 0.05) is 18.4 Å². The zero-order chi connectivity index (χ0) is 12.5. The molecule has 0 saturated heterocycles. The third kappa shape index (κ3) is 5.77. The van der Waals surface area contributed by atoms with E-state index < -0.39 is 0 Å². The van der Waals surface area contributed by atoms with Gasteiger partial charge in [0.15, 0.2) is 0 Å². The van der Waals surface area contributed by atoms with Crippen molar-refractivity contribution in [3.8, 4) is 5.75 Å². The first-order chi connectivity index (χ1) is 8.22. The first kappa shape index (κ1) is 13.3. The van der Waals surface area contributed by atoms with Gasteiger partial charge in [-0.25, -0.2) is 0 Å². The molecule has 3 N–H and O–H groups in total. The van der Waals surface area contributed by atoms with Gasteiger partial charge in [0.1, 0.15) is 19.0 Å². The molecule has 0 bridgehead atoms. The Balaban J connectivity index is 2.14. The van der Waals surface area contributed by atoms with Gasteiger partial charge in [0.05, 0.1) is 6.54 Å². The Hall–Kier alpha value is -1.75. The fourth-order valence-corrected chi connectivity index (χ4v) is 1.21. The van der Waals surface area contributed by atoms with Gasteiger partial charge < -0.3 is 20.5 Å². The lowest BCUT2D eigenvalue weighted by Gasteiger charge is -2.08. The molecule has 0 spiro atoms. The molecule has 0 aliphatic carbocycles. The highest BCUT2D eigenvalue weighted by atomic mass is 16.5. The van der Waals surface area contributed by atoms with Crippen molar-refractivity contribution in [2.45, 2.75) is 6.92 Å². The minimum Gasteiger partial charge on any atom is -0.492 e. The zero-order valence-electron chi connectivity index (χ0n) is 9.94. The van der Waals surface area contributed by atoms with Crippen molar-refractivity contribution in [2.24, 2.45) is 0 Å². The average molecular weight is 238 g/mol. The summed E-state index contributed by atoms with van der Waals surface area (Å²) in [7, 11) is 0. The normalized spacial score (nSPS) is 9.94. The van der Waals surface area contributed by atoms with E-state index in [0.717, 1.165) is 0 Å². The second-order valence-corrected chi connectivity index (χ2v) is 3.41. The van der Waals surface area contributed by atoms with E-state index in [4.69, 9.17) is 15.2 Å². The summed E-state index contributed by atoms with van der Waals surface area (Å²) in [6, 6.07) is 7.16. The number of anilines is 1. The fraction of sp³-hybridized carbons (Fsp3) is 0.417. The summed E-state index contributed by atoms with van der Waals surface area (Å²) in [6.45, 7) is 3.32. The maximum absolute atomic E-state index is 11.2. The van der Waals surface area contributed by atoms with Crippen LogP contribution < -0.4 is 15.8 Å². The van der Waals surface area contributed by atoms with Crippen molar-refractivity contribution in [3.05, 3.63) is 24.3 Å². The van der Waals surface area contributed by atoms with Crippen LogP contribution >= 0.6 is 0 Å². The topological polar surface area (TPSA) is 73.6 Å². The highest BCUT2D eigenvalue weighted by Gasteiger charge is 1.99. The largest absolute Gasteiger partial charge is 0.492 e. The number of nitrogens with one attached hydrogen (secondary N) is 1. The third-order valence-electron chi connectivity index (χ3n) is 1.99. The van der Waals surface area contributed by atoms with Crippen molar-refractivity contribution >= 4 is 11.6 Å². The molecule has 5 heteroatoms. The maximum Gasteiger partial charge on any atom is 0.246 e. The highest BCUT2D eigenvalue weighted by Crippen LogP contribution is 2.13. The molecule has 0 aliphatic heterocycles. The molecule has 0 radical (unpaired) electrons. The molecule has 0 atom stereocenters. The lowest BCUT2D eigenvalue weighted by molar-refractivity contribution is -0.125. The van der Waals surface area contributed by atoms with Crippen molar-refractivity contribution < 1.29 is 14.3 Å². The summed E-state index contributed by atoms with van der Waals surface area (Å²) < 4.78 is 10.4. The summed E-state index contributed by atoms with van der Waals surface area (Å²) in [5.41, 5.74) is 6.26. The molecule has 0 aromatic heterocycles. The van der Waals surface area contributed by atoms with Gasteiger partial charge in [-0.15, -0.1) is 0 Å². The smallest absolute Gasteiger partial charge is 0.246 e. The first-order valence-corrected chi connectivity index (χ1v) is 5.55. The van der Waals surface area contributed by atoms with E-state index in [1.807, 2.05) is 19.1 Å². The molecule has 0 saturated carbocycles. The van der Waals surface area contributed by atoms with Crippen LogP contribution in [0, 0.1) is 0 Å². The molecular weight excluding hydrogens is 220 g/mol. The van der Waals surface area contributed by atoms with Crippen molar-refractivity contribution in [1.29, 1.82) is 0 Å². The molecule has 1 aromatic rings.